The molecule has 1 fully saturated rings. The number of β-amino-alcohol motifs (C(OH)–C–C–N with tert-alkyl or cyclic N) is 1. The van der Waals surface area contributed by atoms with Crippen molar-refractivity contribution >= 4 is 11.6 Å². The molecule has 76 valence electrons. The van der Waals surface area contributed by atoms with Crippen molar-refractivity contribution < 1.29 is 20.1 Å². The number of aliphatic hydroxyl groups excluding tert-OH is 1. The fourth-order valence-electron chi connectivity index (χ4n) is 1.05. The summed E-state index contributed by atoms with van der Waals surface area (Å²) in [6.45, 7) is 2.47. The molecule has 0 radical (unpaired) electrons. The number of hydrazine groups is 1. The molecular formula is C6H13ClN3O3+. The number of rotatable bonds is 3. The third kappa shape index (κ3) is 3.23. The molecule has 7 heteroatoms. The number of hydrogen-bond donors (Lipinski definition) is 2. The Balaban J connectivity index is 2.38. The van der Waals surface area contributed by atoms with E-state index in [1.807, 2.05) is 0 Å². The average molecular weight is 211 g/mol. The van der Waals surface area contributed by atoms with Crippen LogP contribution >= 0.6 is 11.6 Å². The van der Waals surface area contributed by atoms with Gasteiger partial charge in [-0.15, -0.1) is 5.01 Å². The SMILES string of the molecule is CC(Cl)O/N=[N+](\O)N1CCC(O)C1. The minimum absolute atomic E-state index is 0.347. The lowest BCUT2D eigenvalue weighted by molar-refractivity contribution is -0.940. The fraction of sp³-hybridized carbons (Fsp3) is 1.00. The predicted molar refractivity (Wildman–Crippen MR) is 43.1 cm³/mol. The second kappa shape index (κ2) is 4.48. The van der Waals surface area contributed by atoms with E-state index >= 15 is 0 Å². The highest BCUT2D eigenvalue weighted by molar-refractivity contribution is 6.19. The van der Waals surface area contributed by atoms with Crippen molar-refractivity contribution in [3.05, 3.63) is 0 Å². The van der Waals surface area contributed by atoms with Gasteiger partial charge in [-0.1, -0.05) is 11.6 Å². The summed E-state index contributed by atoms with van der Waals surface area (Å²) in [5, 5.41) is 23.1. The first-order chi connectivity index (χ1) is 6.09. The molecule has 2 N–H and O–H groups in total. The average Bonchev–Trinajstić information content (AvgIpc) is 2.47. The largest absolute Gasteiger partial charge is 0.391 e. The zero-order chi connectivity index (χ0) is 9.84. The van der Waals surface area contributed by atoms with Crippen LogP contribution in [0.2, 0.25) is 0 Å². The van der Waals surface area contributed by atoms with Gasteiger partial charge in [-0.3, -0.25) is 0 Å². The molecule has 0 aromatic rings. The van der Waals surface area contributed by atoms with Gasteiger partial charge < -0.3 is 9.94 Å². The van der Waals surface area contributed by atoms with Crippen LogP contribution < -0.4 is 0 Å². The minimum atomic E-state index is -0.595. The highest BCUT2D eigenvalue weighted by Crippen LogP contribution is 2.08. The first-order valence-electron chi connectivity index (χ1n) is 4.02. The van der Waals surface area contributed by atoms with E-state index in [4.69, 9.17) is 16.7 Å². The van der Waals surface area contributed by atoms with Crippen molar-refractivity contribution in [2.24, 2.45) is 5.28 Å². The van der Waals surface area contributed by atoms with Crippen LogP contribution in [0.15, 0.2) is 5.28 Å². The van der Waals surface area contributed by atoms with Crippen molar-refractivity contribution in [1.29, 1.82) is 0 Å². The summed E-state index contributed by atoms with van der Waals surface area (Å²) in [4.78, 5) is 5.16. The van der Waals surface area contributed by atoms with Gasteiger partial charge in [-0.25, -0.2) is 5.21 Å². The summed E-state index contributed by atoms with van der Waals surface area (Å²) in [6.07, 6.45) is 0.196. The molecular weight excluding hydrogens is 198 g/mol. The summed E-state index contributed by atoms with van der Waals surface area (Å²) < 4.78 is 0. The monoisotopic (exact) mass is 210 g/mol. The number of halogens is 1. The molecule has 1 aliphatic rings. The molecule has 1 saturated heterocycles. The van der Waals surface area contributed by atoms with Gasteiger partial charge in [0.2, 0.25) is 5.56 Å². The molecule has 0 bridgehead atoms. The molecule has 2 atom stereocenters. The summed E-state index contributed by atoms with van der Waals surface area (Å²) in [5.74, 6) is 0. The Morgan fingerprint density at radius 3 is 2.92 bits per heavy atom. The number of aliphatic hydroxyl groups is 1. The highest BCUT2D eigenvalue weighted by atomic mass is 35.5. The molecule has 0 spiro atoms. The third-order valence-electron chi connectivity index (χ3n) is 1.66. The second-order valence-electron chi connectivity index (χ2n) is 2.85. The van der Waals surface area contributed by atoms with Crippen LogP contribution in [-0.2, 0) is 4.84 Å². The van der Waals surface area contributed by atoms with Crippen LogP contribution in [0.4, 0.5) is 0 Å². The fourth-order valence-corrected chi connectivity index (χ4v) is 1.08. The van der Waals surface area contributed by atoms with E-state index in [1.54, 1.807) is 6.92 Å². The quantitative estimate of drug-likeness (QED) is 0.305. The van der Waals surface area contributed by atoms with Crippen LogP contribution in [-0.4, -0.2) is 45.0 Å². The maximum atomic E-state index is 9.21. The summed E-state index contributed by atoms with van der Waals surface area (Å²) in [5.41, 5.74) is -0.595. The van der Waals surface area contributed by atoms with E-state index in [2.05, 4.69) is 10.1 Å². The van der Waals surface area contributed by atoms with E-state index in [-0.39, 0.29) is 0 Å². The van der Waals surface area contributed by atoms with Crippen LogP contribution in [0.5, 0.6) is 0 Å². The van der Waals surface area contributed by atoms with Gasteiger partial charge in [0.1, 0.15) is 6.54 Å². The van der Waals surface area contributed by atoms with Gasteiger partial charge in [0.25, 0.3) is 10.2 Å². The van der Waals surface area contributed by atoms with Crippen molar-refractivity contribution in [2.75, 3.05) is 13.1 Å². The number of hydrogen-bond acceptors (Lipinski definition) is 3. The predicted octanol–water partition coefficient (Wildman–Crippen LogP) is 0.338. The van der Waals surface area contributed by atoms with Gasteiger partial charge >= 0.3 is 0 Å². The molecule has 1 rings (SSSR count). The smallest absolute Gasteiger partial charge is 0.275 e. The van der Waals surface area contributed by atoms with Gasteiger partial charge in [0.05, 0.1) is 12.6 Å². The van der Waals surface area contributed by atoms with Crippen LogP contribution in [0.1, 0.15) is 13.3 Å². The maximum absolute atomic E-state index is 9.21. The van der Waals surface area contributed by atoms with E-state index in [1.165, 1.54) is 5.01 Å². The van der Waals surface area contributed by atoms with E-state index in [9.17, 15) is 5.21 Å². The Kier molecular flexibility index (Phi) is 3.56. The zero-order valence-electron chi connectivity index (χ0n) is 7.30. The zero-order valence-corrected chi connectivity index (χ0v) is 8.05. The molecule has 0 aromatic heterocycles. The van der Waals surface area contributed by atoms with Crippen LogP contribution in [0, 0.1) is 0 Å². The van der Waals surface area contributed by atoms with Crippen LogP contribution in [0.3, 0.4) is 0 Å². The minimum Gasteiger partial charge on any atom is -0.391 e. The summed E-state index contributed by atoms with van der Waals surface area (Å²) in [6, 6.07) is 0. The lowest BCUT2D eigenvalue weighted by atomic mass is 10.3. The number of alkyl halides is 1. The molecule has 0 aliphatic carbocycles. The van der Waals surface area contributed by atoms with Crippen molar-refractivity contribution in [2.45, 2.75) is 25.0 Å². The Labute approximate surface area is 80.9 Å². The maximum Gasteiger partial charge on any atom is 0.275 e. The Bertz CT molecular complexity index is 200. The van der Waals surface area contributed by atoms with Gasteiger partial charge in [-0.05, 0) is 13.3 Å². The second-order valence-corrected chi connectivity index (χ2v) is 3.47. The summed E-state index contributed by atoms with van der Waals surface area (Å²) >= 11 is 5.44. The van der Waals surface area contributed by atoms with Gasteiger partial charge in [0.15, 0.2) is 0 Å². The first-order valence-corrected chi connectivity index (χ1v) is 4.46. The normalized spacial score (nSPS) is 26.2. The summed E-state index contributed by atoms with van der Waals surface area (Å²) in [7, 11) is 0. The standard InChI is InChI=1S/C6H13ClN3O3/c1-5(7)13-8-10(12)9-3-2-6(11)4-9/h5-6,11H,2-4H2,1H3,(H,8,12)/q+1. The van der Waals surface area contributed by atoms with Crippen molar-refractivity contribution in [3.8, 4) is 0 Å². The Hall–Kier alpha value is -0.750. The van der Waals surface area contributed by atoms with Gasteiger partial charge in [0, 0.05) is 0 Å². The third-order valence-corrected chi connectivity index (χ3v) is 1.74. The number of nitrogens with zero attached hydrogens (tertiary/aromatic N) is 3. The van der Waals surface area contributed by atoms with Crippen molar-refractivity contribution in [3.63, 3.8) is 0 Å². The lowest BCUT2D eigenvalue weighted by Crippen LogP contribution is -2.31. The first kappa shape index (κ1) is 10.3. The van der Waals surface area contributed by atoms with Gasteiger partial charge in [-0.2, -0.15) is 0 Å². The van der Waals surface area contributed by atoms with Crippen LogP contribution in [0.25, 0.3) is 0 Å². The molecule has 6 nitrogen and oxygen atoms in total. The Morgan fingerprint density at radius 1 is 1.77 bits per heavy atom. The highest BCUT2D eigenvalue weighted by Gasteiger charge is 2.29. The topological polar surface area (TPSA) is 68.3 Å². The molecule has 13 heavy (non-hydrogen) atoms. The van der Waals surface area contributed by atoms with Crippen molar-refractivity contribution in [1.82, 2.24) is 5.01 Å². The molecule has 0 amide bonds. The van der Waals surface area contributed by atoms with E-state index < -0.39 is 11.7 Å². The molecule has 1 aliphatic heterocycles. The molecule has 1 heterocycles. The lowest BCUT2D eigenvalue weighted by Gasteiger charge is -2.03. The Morgan fingerprint density at radius 2 is 2.46 bits per heavy atom. The molecule has 0 aromatic carbocycles. The molecule has 2 unspecified atom stereocenters. The molecule has 0 saturated carbocycles. The van der Waals surface area contributed by atoms with E-state index in [0.717, 1.165) is 0 Å². The van der Waals surface area contributed by atoms with E-state index in [0.29, 0.717) is 24.5 Å².